The highest BCUT2D eigenvalue weighted by atomic mass is 16.6. The van der Waals surface area contributed by atoms with Crippen LogP contribution in [-0.2, 0) is 0 Å². The van der Waals surface area contributed by atoms with Gasteiger partial charge in [0.15, 0.2) is 5.75 Å². The van der Waals surface area contributed by atoms with Crippen molar-refractivity contribution < 1.29 is 14.1 Å². The summed E-state index contributed by atoms with van der Waals surface area (Å²) < 4.78 is 11.2. The molecule has 0 saturated heterocycles. The van der Waals surface area contributed by atoms with E-state index in [2.05, 4.69) is 9.97 Å². The SMILES string of the molecule is O=c1[nH]c2c(c(=O)[nH]1)C(c1cccc([N+](=O)[O-])c1)c1c(c3ccccc3oc1=O)O2. The highest BCUT2D eigenvalue weighted by molar-refractivity contribution is 5.86. The lowest BCUT2D eigenvalue weighted by molar-refractivity contribution is -0.384. The van der Waals surface area contributed by atoms with Gasteiger partial charge in [-0.05, 0) is 17.7 Å². The van der Waals surface area contributed by atoms with Crippen LogP contribution in [0.1, 0.15) is 22.6 Å². The summed E-state index contributed by atoms with van der Waals surface area (Å²) in [6.07, 6.45) is 0. The molecule has 4 aromatic rings. The van der Waals surface area contributed by atoms with Crippen molar-refractivity contribution in [1.82, 2.24) is 9.97 Å². The zero-order chi connectivity index (χ0) is 21.0. The van der Waals surface area contributed by atoms with Gasteiger partial charge in [0.1, 0.15) is 5.58 Å². The molecular weight excluding hydrogens is 394 g/mol. The maximum atomic E-state index is 12.9. The number of fused-ring (bicyclic) bond motifs is 4. The van der Waals surface area contributed by atoms with E-state index in [-0.39, 0.29) is 34.0 Å². The Labute approximate surface area is 165 Å². The molecule has 2 aromatic carbocycles. The quantitative estimate of drug-likeness (QED) is 0.260. The Kier molecular flexibility index (Phi) is 3.68. The van der Waals surface area contributed by atoms with Crippen LogP contribution in [0.4, 0.5) is 5.69 Å². The number of H-pyrrole nitrogens is 2. The minimum Gasteiger partial charge on any atom is -0.439 e. The Morgan fingerprint density at radius 3 is 2.57 bits per heavy atom. The van der Waals surface area contributed by atoms with E-state index in [0.717, 1.165) is 0 Å². The molecule has 0 amide bonds. The number of rotatable bonds is 2. The Morgan fingerprint density at radius 2 is 1.77 bits per heavy atom. The van der Waals surface area contributed by atoms with Crippen molar-refractivity contribution in [3.8, 4) is 11.6 Å². The summed E-state index contributed by atoms with van der Waals surface area (Å²) in [7, 11) is 0. The van der Waals surface area contributed by atoms with Crippen molar-refractivity contribution >= 4 is 16.7 Å². The molecule has 0 fully saturated rings. The highest BCUT2D eigenvalue weighted by Gasteiger charge is 2.37. The molecule has 1 aliphatic rings. The lowest BCUT2D eigenvalue weighted by Crippen LogP contribution is -2.32. The number of nitrogens with zero attached hydrogens (tertiary/aromatic N) is 1. The molecule has 10 nitrogen and oxygen atoms in total. The van der Waals surface area contributed by atoms with Gasteiger partial charge < -0.3 is 9.15 Å². The number of ether oxygens (including phenoxy) is 1. The van der Waals surface area contributed by atoms with Crippen LogP contribution in [0.5, 0.6) is 11.6 Å². The van der Waals surface area contributed by atoms with E-state index in [1.165, 1.54) is 18.2 Å². The summed E-state index contributed by atoms with van der Waals surface area (Å²) in [5.74, 6) is -1.07. The van der Waals surface area contributed by atoms with Crippen LogP contribution in [0.2, 0.25) is 0 Å². The Bertz CT molecular complexity index is 1530. The van der Waals surface area contributed by atoms with Crippen LogP contribution >= 0.6 is 0 Å². The van der Waals surface area contributed by atoms with Gasteiger partial charge in [-0.3, -0.25) is 24.9 Å². The second-order valence-electron chi connectivity index (χ2n) is 6.67. The molecule has 0 aliphatic carbocycles. The minimum absolute atomic E-state index is 0.0132. The predicted molar refractivity (Wildman–Crippen MR) is 104 cm³/mol. The van der Waals surface area contributed by atoms with Crippen molar-refractivity contribution in [1.29, 1.82) is 0 Å². The van der Waals surface area contributed by atoms with Gasteiger partial charge in [0, 0.05) is 12.1 Å². The van der Waals surface area contributed by atoms with Crippen LogP contribution < -0.4 is 21.6 Å². The molecule has 0 spiro atoms. The Morgan fingerprint density at radius 1 is 0.967 bits per heavy atom. The van der Waals surface area contributed by atoms with Crippen LogP contribution in [0.25, 0.3) is 11.0 Å². The number of para-hydroxylation sites is 1. The van der Waals surface area contributed by atoms with Crippen molar-refractivity contribution in [3.05, 3.63) is 107 Å². The van der Waals surface area contributed by atoms with Gasteiger partial charge in [0.05, 0.1) is 27.4 Å². The minimum atomic E-state index is -1.05. The number of aromatic amines is 2. The molecule has 1 unspecified atom stereocenters. The molecule has 3 heterocycles. The molecule has 1 aliphatic heterocycles. The topological polar surface area (TPSA) is 148 Å². The maximum absolute atomic E-state index is 12.9. The molecule has 30 heavy (non-hydrogen) atoms. The number of hydrogen-bond donors (Lipinski definition) is 2. The van der Waals surface area contributed by atoms with E-state index in [0.29, 0.717) is 10.9 Å². The van der Waals surface area contributed by atoms with E-state index >= 15 is 0 Å². The van der Waals surface area contributed by atoms with E-state index in [1.807, 2.05) is 0 Å². The fourth-order valence-corrected chi connectivity index (χ4v) is 3.71. The number of hydrogen-bond acceptors (Lipinski definition) is 7. The first-order valence-electron chi connectivity index (χ1n) is 8.78. The van der Waals surface area contributed by atoms with Gasteiger partial charge in [-0.15, -0.1) is 0 Å². The van der Waals surface area contributed by atoms with Crippen molar-refractivity contribution in [2.24, 2.45) is 0 Å². The third-order valence-electron chi connectivity index (χ3n) is 4.94. The summed E-state index contributed by atoms with van der Waals surface area (Å²) in [6, 6.07) is 12.2. The molecule has 0 saturated carbocycles. The number of benzene rings is 2. The van der Waals surface area contributed by atoms with Gasteiger partial charge in [-0.2, -0.15) is 0 Å². The number of non-ortho nitro benzene ring substituents is 1. The maximum Gasteiger partial charge on any atom is 0.344 e. The van der Waals surface area contributed by atoms with Gasteiger partial charge in [0.2, 0.25) is 5.88 Å². The normalized spacial score (nSPS) is 14.6. The summed E-state index contributed by atoms with van der Waals surface area (Å²) in [6.45, 7) is 0. The lowest BCUT2D eigenvalue weighted by atomic mass is 9.84. The van der Waals surface area contributed by atoms with Crippen molar-refractivity contribution in [3.63, 3.8) is 0 Å². The average molecular weight is 405 g/mol. The second kappa shape index (κ2) is 6.27. The monoisotopic (exact) mass is 405 g/mol. The standard InChI is InChI=1S/C20H11N3O7/c24-17-15-13(9-4-3-5-10(8-9)23(27)28)14-16(30-18(15)22-20(26)21-17)11-6-1-2-7-12(11)29-19(14)25/h1-8,13H,(H2,21,22,24,26). The molecule has 2 aromatic heterocycles. The number of nitrogens with one attached hydrogen (secondary N) is 2. The molecule has 2 N–H and O–H groups in total. The summed E-state index contributed by atoms with van der Waals surface area (Å²) in [5, 5.41) is 11.7. The van der Waals surface area contributed by atoms with Crippen LogP contribution in [0.15, 0.2) is 67.3 Å². The van der Waals surface area contributed by atoms with Gasteiger partial charge >= 0.3 is 11.3 Å². The molecule has 5 rings (SSSR count). The van der Waals surface area contributed by atoms with Crippen LogP contribution in [0.3, 0.4) is 0 Å². The largest absolute Gasteiger partial charge is 0.439 e. The zero-order valence-corrected chi connectivity index (χ0v) is 15.0. The van der Waals surface area contributed by atoms with Crippen molar-refractivity contribution in [2.75, 3.05) is 0 Å². The summed E-state index contributed by atoms with van der Waals surface area (Å²) >= 11 is 0. The molecule has 1 atom stereocenters. The van der Waals surface area contributed by atoms with E-state index in [9.17, 15) is 24.5 Å². The van der Waals surface area contributed by atoms with Gasteiger partial charge in [-0.1, -0.05) is 24.3 Å². The summed E-state index contributed by atoms with van der Waals surface area (Å²) in [4.78, 5) is 52.6. The zero-order valence-electron chi connectivity index (χ0n) is 15.0. The number of nitro groups is 1. The van der Waals surface area contributed by atoms with Gasteiger partial charge in [-0.25, -0.2) is 9.59 Å². The molecular formula is C20H11N3O7. The lowest BCUT2D eigenvalue weighted by Gasteiger charge is -2.26. The number of nitro benzene ring substituents is 1. The van der Waals surface area contributed by atoms with E-state index < -0.39 is 27.7 Å². The molecule has 148 valence electrons. The first-order chi connectivity index (χ1) is 14.4. The van der Waals surface area contributed by atoms with Crippen molar-refractivity contribution in [2.45, 2.75) is 5.92 Å². The first-order valence-corrected chi connectivity index (χ1v) is 8.78. The molecule has 0 radical (unpaired) electrons. The Balaban J connectivity index is 1.92. The smallest absolute Gasteiger partial charge is 0.344 e. The third kappa shape index (κ3) is 2.54. The Hall–Kier alpha value is -4.47. The third-order valence-corrected chi connectivity index (χ3v) is 4.94. The van der Waals surface area contributed by atoms with Crippen LogP contribution in [-0.4, -0.2) is 14.9 Å². The molecule has 10 heteroatoms. The fourth-order valence-electron chi connectivity index (χ4n) is 3.71. The van der Waals surface area contributed by atoms with Crippen LogP contribution in [0, 0.1) is 10.1 Å². The van der Waals surface area contributed by atoms with E-state index in [1.54, 1.807) is 30.3 Å². The second-order valence-corrected chi connectivity index (χ2v) is 6.67. The fraction of sp³-hybridized carbons (Fsp3) is 0.0500. The molecule has 0 bridgehead atoms. The van der Waals surface area contributed by atoms with E-state index in [4.69, 9.17) is 9.15 Å². The van der Waals surface area contributed by atoms with Gasteiger partial charge in [0.25, 0.3) is 11.2 Å². The average Bonchev–Trinajstić information content (AvgIpc) is 2.72. The first kappa shape index (κ1) is 17.6. The number of aromatic nitrogens is 2. The predicted octanol–water partition coefficient (Wildman–Crippen LogP) is 2.36. The summed E-state index contributed by atoms with van der Waals surface area (Å²) in [5.41, 5.74) is -2.01. The highest BCUT2D eigenvalue weighted by Crippen LogP contribution is 2.46.